The maximum atomic E-state index is 11.8. The van der Waals surface area contributed by atoms with E-state index in [1.54, 1.807) is 0 Å². The minimum absolute atomic E-state index is 0.0522. The van der Waals surface area contributed by atoms with Crippen molar-refractivity contribution in [1.29, 1.82) is 0 Å². The molecule has 0 aromatic heterocycles. The summed E-state index contributed by atoms with van der Waals surface area (Å²) in [4.78, 5) is 21.3. The molecule has 32 heavy (non-hydrogen) atoms. The molecule has 0 fully saturated rings. The van der Waals surface area contributed by atoms with Crippen LogP contribution in [0.3, 0.4) is 0 Å². The van der Waals surface area contributed by atoms with Crippen molar-refractivity contribution in [2.75, 3.05) is 12.5 Å². The van der Waals surface area contributed by atoms with Crippen LogP contribution in [-0.2, 0) is 28.6 Å². The molecule has 0 saturated carbocycles. The molecule has 174 valence electrons. The molecule has 0 aliphatic rings. The van der Waals surface area contributed by atoms with E-state index in [2.05, 4.69) is 0 Å². The third-order valence-electron chi connectivity index (χ3n) is 4.23. The first-order chi connectivity index (χ1) is 14.8. The number of nitro groups is 2. The maximum Gasteiger partial charge on any atom is 0.275 e. The first kappa shape index (κ1) is 25.3. The van der Waals surface area contributed by atoms with Crippen molar-refractivity contribution < 1.29 is 35.0 Å². The normalized spacial score (nSPS) is 13.9. The van der Waals surface area contributed by atoms with E-state index in [0.717, 1.165) is 12.5 Å². The SMILES string of the molecule is CS(=O)(=O)O[C@H](CC[C@@H](OS(C)(=O)=O)c1ccccc1[N+](=O)[O-])c1ccccc1[N+](=O)[O-]. The van der Waals surface area contributed by atoms with Gasteiger partial charge in [-0.2, -0.15) is 16.8 Å². The molecule has 0 amide bonds. The molecule has 0 unspecified atom stereocenters. The highest BCUT2D eigenvalue weighted by Gasteiger charge is 2.30. The van der Waals surface area contributed by atoms with E-state index in [4.69, 9.17) is 8.37 Å². The monoisotopic (exact) mass is 488 g/mol. The van der Waals surface area contributed by atoms with E-state index in [9.17, 15) is 37.1 Å². The quantitative estimate of drug-likeness (QED) is 0.260. The Balaban J connectivity index is 2.47. The first-order valence-electron chi connectivity index (χ1n) is 9.01. The first-order valence-corrected chi connectivity index (χ1v) is 12.6. The Hall–Kier alpha value is -2.94. The van der Waals surface area contributed by atoms with E-state index in [0.29, 0.717) is 0 Å². The highest BCUT2D eigenvalue weighted by molar-refractivity contribution is 7.86. The van der Waals surface area contributed by atoms with Crippen LogP contribution < -0.4 is 0 Å². The second-order valence-corrected chi connectivity index (χ2v) is 9.99. The van der Waals surface area contributed by atoms with Crippen molar-refractivity contribution in [3.05, 3.63) is 79.9 Å². The van der Waals surface area contributed by atoms with Gasteiger partial charge in [-0.1, -0.05) is 24.3 Å². The van der Waals surface area contributed by atoms with Crippen molar-refractivity contribution in [2.24, 2.45) is 0 Å². The summed E-state index contributed by atoms with van der Waals surface area (Å²) in [6, 6.07) is 10.6. The molecule has 0 spiro atoms. The van der Waals surface area contributed by atoms with Crippen LogP contribution in [0.1, 0.15) is 36.2 Å². The predicted molar refractivity (Wildman–Crippen MR) is 113 cm³/mol. The summed E-state index contributed by atoms with van der Waals surface area (Å²) in [5.41, 5.74) is -0.896. The molecule has 0 N–H and O–H groups in total. The number of hydrogen-bond acceptors (Lipinski definition) is 10. The molecule has 0 aliphatic carbocycles. The molecule has 2 rings (SSSR count). The van der Waals surface area contributed by atoms with Crippen LogP contribution in [0.2, 0.25) is 0 Å². The number of hydrogen-bond donors (Lipinski definition) is 0. The van der Waals surface area contributed by atoms with Gasteiger partial charge in [0.1, 0.15) is 12.2 Å². The van der Waals surface area contributed by atoms with Gasteiger partial charge in [-0.05, 0) is 25.0 Å². The molecule has 2 aromatic rings. The van der Waals surface area contributed by atoms with Crippen molar-refractivity contribution in [3.63, 3.8) is 0 Å². The molecule has 12 nitrogen and oxygen atoms in total. The van der Waals surface area contributed by atoms with Crippen molar-refractivity contribution in [3.8, 4) is 0 Å². The third-order valence-corrected chi connectivity index (χ3v) is 5.40. The Morgan fingerprint density at radius 2 is 1.03 bits per heavy atom. The van der Waals surface area contributed by atoms with Gasteiger partial charge in [0, 0.05) is 12.1 Å². The van der Waals surface area contributed by atoms with Crippen LogP contribution in [0.25, 0.3) is 0 Å². The zero-order valence-electron chi connectivity index (χ0n) is 17.0. The van der Waals surface area contributed by atoms with Crippen molar-refractivity contribution in [2.45, 2.75) is 25.0 Å². The summed E-state index contributed by atoms with van der Waals surface area (Å²) >= 11 is 0. The molecule has 0 radical (unpaired) electrons. The predicted octanol–water partition coefficient (Wildman–Crippen LogP) is 3.02. The number of benzene rings is 2. The lowest BCUT2D eigenvalue weighted by atomic mass is 9.97. The van der Waals surface area contributed by atoms with Gasteiger partial charge < -0.3 is 0 Å². The van der Waals surface area contributed by atoms with Gasteiger partial charge in [-0.25, -0.2) is 0 Å². The standard InChI is InChI=1S/C18H20N2O10S2/c1-31(25,26)29-17(13-7-3-5-9-15(13)19(21)22)11-12-18(30-32(2,27)28)14-8-4-6-10-16(14)20(23)24/h3-10,17-18H,11-12H2,1-2H3/t17-,18-/m1/s1. The van der Waals surface area contributed by atoms with Crippen LogP contribution >= 0.6 is 0 Å². The van der Waals surface area contributed by atoms with Gasteiger partial charge in [0.2, 0.25) is 0 Å². The van der Waals surface area contributed by atoms with Crippen LogP contribution in [0.4, 0.5) is 11.4 Å². The van der Waals surface area contributed by atoms with Gasteiger partial charge in [-0.3, -0.25) is 28.6 Å². The topological polar surface area (TPSA) is 173 Å². The Bertz CT molecular complexity index is 1120. The largest absolute Gasteiger partial charge is 0.275 e. The Labute approximate surface area is 184 Å². The number of nitro benzene ring substituents is 2. The fourth-order valence-corrected chi connectivity index (χ4v) is 4.33. The lowest BCUT2D eigenvalue weighted by Crippen LogP contribution is -2.16. The Morgan fingerprint density at radius 1 is 0.719 bits per heavy atom. The van der Waals surface area contributed by atoms with Gasteiger partial charge >= 0.3 is 0 Å². The molecule has 0 heterocycles. The minimum Gasteiger partial charge on any atom is -0.262 e. The summed E-state index contributed by atoms with van der Waals surface area (Å²) in [5.74, 6) is 0. The molecule has 0 saturated heterocycles. The zero-order chi connectivity index (χ0) is 24.1. The van der Waals surface area contributed by atoms with Gasteiger partial charge in [0.15, 0.2) is 0 Å². The second kappa shape index (κ2) is 10.1. The van der Waals surface area contributed by atoms with E-state index < -0.39 is 53.7 Å². The Kier molecular flexibility index (Phi) is 8.01. The van der Waals surface area contributed by atoms with E-state index in [1.807, 2.05) is 0 Å². The molecule has 2 atom stereocenters. The number of nitrogens with zero attached hydrogens (tertiary/aromatic N) is 2. The average molecular weight is 488 g/mol. The van der Waals surface area contributed by atoms with Crippen LogP contribution in [0, 0.1) is 20.2 Å². The smallest absolute Gasteiger partial charge is 0.262 e. The fourth-order valence-electron chi connectivity index (χ4n) is 3.09. The zero-order valence-corrected chi connectivity index (χ0v) is 18.6. The van der Waals surface area contributed by atoms with Gasteiger partial charge in [0.05, 0.1) is 33.5 Å². The summed E-state index contributed by atoms with van der Waals surface area (Å²) in [6.45, 7) is 0. The summed E-state index contributed by atoms with van der Waals surface area (Å²) in [7, 11) is -8.15. The number of rotatable bonds is 11. The molecule has 0 aliphatic heterocycles. The second-order valence-electron chi connectivity index (χ2n) is 6.79. The molecule has 2 aromatic carbocycles. The van der Waals surface area contributed by atoms with Crippen molar-refractivity contribution in [1.82, 2.24) is 0 Å². The highest BCUT2D eigenvalue weighted by Crippen LogP contribution is 2.37. The summed E-state index contributed by atoms with van der Waals surface area (Å²) in [6.07, 6.45) is -1.71. The van der Waals surface area contributed by atoms with Crippen LogP contribution in [0.15, 0.2) is 48.5 Å². The third kappa shape index (κ3) is 7.33. The highest BCUT2D eigenvalue weighted by atomic mass is 32.2. The molecular weight excluding hydrogens is 468 g/mol. The van der Waals surface area contributed by atoms with E-state index >= 15 is 0 Å². The fraction of sp³-hybridized carbons (Fsp3) is 0.333. The number of para-hydroxylation sites is 2. The lowest BCUT2D eigenvalue weighted by Gasteiger charge is -2.21. The average Bonchev–Trinajstić information content (AvgIpc) is 2.68. The lowest BCUT2D eigenvalue weighted by molar-refractivity contribution is -0.386. The molecule has 14 heteroatoms. The van der Waals surface area contributed by atoms with Crippen LogP contribution in [0.5, 0.6) is 0 Å². The minimum atomic E-state index is -4.07. The maximum absolute atomic E-state index is 11.8. The van der Waals surface area contributed by atoms with E-state index in [1.165, 1.54) is 48.5 Å². The Morgan fingerprint density at radius 3 is 1.31 bits per heavy atom. The van der Waals surface area contributed by atoms with Gasteiger partial charge in [-0.15, -0.1) is 0 Å². The van der Waals surface area contributed by atoms with Crippen molar-refractivity contribution >= 4 is 31.6 Å². The summed E-state index contributed by atoms with van der Waals surface area (Å²) in [5, 5.41) is 22.8. The molecular formula is C18H20N2O10S2. The molecule has 0 bridgehead atoms. The van der Waals surface area contributed by atoms with Crippen LogP contribution in [-0.4, -0.2) is 39.2 Å². The van der Waals surface area contributed by atoms with Gasteiger partial charge in [0.25, 0.3) is 31.6 Å². The van der Waals surface area contributed by atoms with E-state index in [-0.39, 0.29) is 24.0 Å². The summed E-state index contributed by atoms with van der Waals surface area (Å²) < 4.78 is 57.2.